The van der Waals surface area contributed by atoms with Crippen molar-refractivity contribution in [1.82, 2.24) is 4.57 Å². The first-order valence-corrected chi connectivity index (χ1v) is 7.41. The molecular weight excluding hydrogens is 288 g/mol. The summed E-state index contributed by atoms with van der Waals surface area (Å²) in [5.41, 5.74) is 2.67. The van der Waals surface area contributed by atoms with Gasteiger partial charge in [0.2, 0.25) is 0 Å². The van der Waals surface area contributed by atoms with Gasteiger partial charge in [-0.2, -0.15) is 0 Å². The molecule has 1 aromatic heterocycles. The van der Waals surface area contributed by atoms with Crippen LogP contribution in [0.3, 0.4) is 0 Å². The molecule has 0 unspecified atom stereocenters. The van der Waals surface area contributed by atoms with Crippen LogP contribution in [0.1, 0.15) is 26.3 Å². The Hall–Kier alpha value is -3.14. The number of benzene rings is 2. The minimum Gasteiger partial charge on any atom is -0.348 e. The van der Waals surface area contributed by atoms with Crippen LogP contribution in [0.5, 0.6) is 0 Å². The summed E-state index contributed by atoms with van der Waals surface area (Å²) in [6.07, 6.45) is 3.51. The lowest BCUT2D eigenvalue weighted by atomic mass is 10.2. The lowest BCUT2D eigenvalue weighted by molar-refractivity contribution is 0.0925. The zero-order valence-electron chi connectivity index (χ0n) is 12.3. The van der Waals surface area contributed by atoms with Crippen LogP contribution in [0.2, 0.25) is 0 Å². The van der Waals surface area contributed by atoms with E-state index in [4.69, 9.17) is 0 Å². The molecule has 4 nitrogen and oxygen atoms in total. The summed E-state index contributed by atoms with van der Waals surface area (Å²) in [5, 5.41) is 0. The zero-order valence-corrected chi connectivity index (χ0v) is 12.3. The Morgan fingerprint density at radius 3 is 1.78 bits per heavy atom. The summed E-state index contributed by atoms with van der Waals surface area (Å²) in [6, 6.07) is 19.0. The number of rotatable bonds is 3. The van der Waals surface area contributed by atoms with Gasteiger partial charge in [0.05, 0.1) is 16.8 Å². The summed E-state index contributed by atoms with van der Waals surface area (Å²) in [7, 11) is 0. The fraction of sp³-hybridized carbons (Fsp3) is 0.0526. The topological polar surface area (TPSA) is 42.3 Å². The third kappa shape index (κ3) is 2.25. The Morgan fingerprint density at radius 1 is 0.696 bits per heavy atom. The van der Waals surface area contributed by atoms with E-state index in [2.05, 4.69) is 0 Å². The molecule has 0 atom stereocenters. The molecule has 4 rings (SSSR count). The van der Waals surface area contributed by atoms with E-state index in [1.54, 1.807) is 24.5 Å². The van der Waals surface area contributed by atoms with Gasteiger partial charge >= 0.3 is 0 Å². The van der Waals surface area contributed by atoms with Crippen molar-refractivity contribution >= 4 is 17.5 Å². The molecule has 112 valence electrons. The van der Waals surface area contributed by atoms with Crippen molar-refractivity contribution in [3.63, 3.8) is 0 Å². The highest BCUT2D eigenvalue weighted by atomic mass is 16.2. The first kappa shape index (κ1) is 13.5. The minimum absolute atomic E-state index is 0.261. The highest BCUT2D eigenvalue weighted by Gasteiger charge is 2.38. The van der Waals surface area contributed by atoms with Crippen molar-refractivity contribution in [3.8, 4) is 0 Å². The Morgan fingerprint density at radius 2 is 1.22 bits per heavy atom. The summed E-state index contributed by atoms with van der Waals surface area (Å²) in [6.45, 7) is 0.639. The van der Waals surface area contributed by atoms with Crippen molar-refractivity contribution in [2.45, 2.75) is 6.54 Å². The van der Waals surface area contributed by atoms with Crippen LogP contribution in [0.25, 0.3) is 0 Å². The third-order valence-corrected chi connectivity index (χ3v) is 3.97. The summed E-state index contributed by atoms with van der Waals surface area (Å²) < 4.78 is 1.89. The molecule has 2 amide bonds. The molecule has 0 saturated carbocycles. The van der Waals surface area contributed by atoms with Crippen LogP contribution in [0.4, 0.5) is 5.69 Å². The Bertz CT molecular complexity index is 849. The maximum Gasteiger partial charge on any atom is 0.267 e. The van der Waals surface area contributed by atoms with E-state index in [0.717, 1.165) is 5.56 Å². The molecule has 0 bridgehead atoms. The molecule has 0 spiro atoms. The van der Waals surface area contributed by atoms with E-state index >= 15 is 0 Å². The van der Waals surface area contributed by atoms with E-state index in [1.165, 1.54) is 4.90 Å². The summed E-state index contributed by atoms with van der Waals surface area (Å²) in [5.74, 6) is -0.522. The average molecular weight is 302 g/mol. The number of para-hydroxylation sites is 1. The van der Waals surface area contributed by atoms with Crippen LogP contribution in [-0.2, 0) is 6.54 Å². The van der Waals surface area contributed by atoms with Crippen molar-refractivity contribution < 1.29 is 9.59 Å². The van der Waals surface area contributed by atoms with Gasteiger partial charge in [0.1, 0.15) is 0 Å². The second-order valence-corrected chi connectivity index (χ2v) is 5.52. The molecule has 0 N–H and O–H groups in total. The van der Waals surface area contributed by atoms with Crippen molar-refractivity contribution in [3.05, 3.63) is 89.7 Å². The highest BCUT2D eigenvalue weighted by molar-refractivity contribution is 6.34. The fourth-order valence-corrected chi connectivity index (χ4v) is 2.88. The van der Waals surface area contributed by atoms with Gasteiger partial charge in [-0.25, -0.2) is 4.90 Å². The maximum absolute atomic E-state index is 12.6. The Labute approximate surface area is 133 Å². The van der Waals surface area contributed by atoms with Gasteiger partial charge in [0.15, 0.2) is 0 Å². The zero-order chi connectivity index (χ0) is 15.8. The smallest absolute Gasteiger partial charge is 0.267 e. The van der Waals surface area contributed by atoms with Gasteiger partial charge in [-0.05, 0) is 17.7 Å². The second kappa shape index (κ2) is 5.25. The Kier molecular flexibility index (Phi) is 3.08. The molecule has 2 aromatic carbocycles. The maximum atomic E-state index is 12.6. The SMILES string of the molecule is O=C1c2cn(Cc3ccccc3)cc2C(=O)N1c1ccccc1. The number of anilines is 1. The molecule has 0 aliphatic carbocycles. The lowest BCUT2D eigenvalue weighted by Gasteiger charge is -2.14. The van der Waals surface area contributed by atoms with E-state index < -0.39 is 0 Å². The van der Waals surface area contributed by atoms with E-state index in [9.17, 15) is 9.59 Å². The van der Waals surface area contributed by atoms with Gasteiger partial charge in [-0.15, -0.1) is 0 Å². The van der Waals surface area contributed by atoms with Crippen LogP contribution in [0.15, 0.2) is 73.1 Å². The van der Waals surface area contributed by atoms with Gasteiger partial charge < -0.3 is 4.57 Å². The second-order valence-electron chi connectivity index (χ2n) is 5.52. The van der Waals surface area contributed by atoms with Crippen LogP contribution >= 0.6 is 0 Å². The number of carbonyl (C=O) groups excluding carboxylic acids is 2. The summed E-state index contributed by atoms with van der Waals surface area (Å²) in [4.78, 5) is 26.4. The first-order chi connectivity index (χ1) is 11.2. The molecule has 3 aromatic rings. The molecule has 0 fully saturated rings. The van der Waals surface area contributed by atoms with Crippen LogP contribution in [0, 0.1) is 0 Å². The predicted octanol–water partition coefficient (Wildman–Crippen LogP) is 3.34. The van der Waals surface area contributed by atoms with Crippen LogP contribution in [-0.4, -0.2) is 16.4 Å². The first-order valence-electron chi connectivity index (χ1n) is 7.41. The standard InChI is InChI=1S/C19H14N2O2/c22-18-16-12-20(11-14-7-3-1-4-8-14)13-17(16)19(23)21(18)15-9-5-2-6-10-15/h1-10,12-13H,11H2. The summed E-state index contributed by atoms with van der Waals surface area (Å²) >= 11 is 0. The third-order valence-electron chi connectivity index (χ3n) is 3.97. The molecular formula is C19H14N2O2. The molecule has 0 saturated heterocycles. The fourth-order valence-electron chi connectivity index (χ4n) is 2.88. The largest absolute Gasteiger partial charge is 0.348 e. The number of hydrogen-bond donors (Lipinski definition) is 0. The predicted molar refractivity (Wildman–Crippen MR) is 87.6 cm³/mol. The van der Waals surface area contributed by atoms with E-state index in [0.29, 0.717) is 23.4 Å². The van der Waals surface area contributed by atoms with E-state index in [1.807, 2.05) is 53.1 Å². The monoisotopic (exact) mass is 302 g/mol. The molecule has 2 heterocycles. The van der Waals surface area contributed by atoms with Gasteiger partial charge in [0, 0.05) is 18.9 Å². The highest BCUT2D eigenvalue weighted by Crippen LogP contribution is 2.29. The number of amides is 2. The molecule has 1 aliphatic heterocycles. The van der Waals surface area contributed by atoms with Crippen molar-refractivity contribution in [1.29, 1.82) is 0 Å². The molecule has 0 radical (unpaired) electrons. The van der Waals surface area contributed by atoms with Gasteiger partial charge in [-0.1, -0.05) is 48.5 Å². The van der Waals surface area contributed by atoms with Crippen molar-refractivity contribution in [2.75, 3.05) is 4.90 Å². The normalized spacial score (nSPS) is 13.5. The molecule has 23 heavy (non-hydrogen) atoms. The quantitative estimate of drug-likeness (QED) is 0.696. The number of aromatic nitrogens is 1. The minimum atomic E-state index is -0.261. The number of carbonyl (C=O) groups is 2. The number of imide groups is 1. The molecule has 1 aliphatic rings. The van der Waals surface area contributed by atoms with Crippen LogP contribution < -0.4 is 4.90 Å². The number of nitrogens with zero attached hydrogens (tertiary/aromatic N) is 2. The lowest BCUT2D eigenvalue weighted by Crippen LogP contribution is -2.29. The number of hydrogen-bond acceptors (Lipinski definition) is 2. The van der Waals surface area contributed by atoms with Gasteiger partial charge in [-0.3, -0.25) is 9.59 Å². The van der Waals surface area contributed by atoms with Crippen molar-refractivity contribution in [2.24, 2.45) is 0 Å². The molecule has 4 heteroatoms. The van der Waals surface area contributed by atoms with E-state index in [-0.39, 0.29) is 11.8 Å². The average Bonchev–Trinajstić information content (AvgIpc) is 3.09. The van der Waals surface area contributed by atoms with Gasteiger partial charge in [0.25, 0.3) is 11.8 Å². The Balaban J connectivity index is 1.65. The number of fused-ring (bicyclic) bond motifs is 1.